The largest absolute Gasteiger partial charge is 0.506 e. The maximum Gasteiger partial charge on any atom is 0.134 e. The first kappa shape index (κ1) is 10.7. The average Bonchev–Trinajstić information content (AvgIpc) is 2.26. The van der Waals surface area contributed by atoms with E-state index >= 15 is 0 Å². The molecule has 15 heavy (non-hydrogen) atoms. The van der Waals surface area contributed by atoms with Crippen LogP contribution in [0.2, 0.25) is 5.02 Å². The zero-order valence-corrected chi connectivity index (χ0v) is 8.72. The van der Waals surface area contributed by atoms with E-state index < -0.39 is 11.9 Å². The number of phenols is 1. The van der Waals surface area contributed by atoms with Gasteiger partial charge in [-0.15, -0.1) is 0 Å². The number of aromatic hydroxyl groups is 1. The van der Waals surface area contributed by atoms with Gasteiger partial charge in [-0.3, -0.25) is 0 Å². The summed E-state index contributed by atoms with van der Waals surface area (Å²) in [6.07, 6.45) is -0.432. The zero-order valence-electron chi connectivity index (χ0n) is 7.96. The van der Waals surface area contributed by atoms with Gasteiger partial charge in [0.25, 0.3) is 0 Å². The van der Waals surface area contributed by atoms with E-state index in [9.17, 15) is 9.50 Å². The molecule has 2 N–H and O–H groups in total. The van der Waals surface area contributed by atoms with Crippen LogP contribution in [0.1, 0.15) is 11.7 Å². The molecule has 1 saturated heterocycles. The fourth-order valence-corrected chi connectivity index (χ4v) is 1.88. The minimum atomic E-state index is -0.452. The van der Waals surface area contributed by atoms with Crippen molar-refractivity contribution in [3.8, 4) is 5.75 Å². The predicted molar refractivity (Wildman–Crippen MR) is 54.6 cm³/mol. The molecule has 1 atom stereocenters. The number of benzene rings is 1. The van der Waals surface area contributed by atoms with Crippen molar-refractivity contribution in [1.82, 2.24) is 5.32 Å². The first-order chi connectivity index (χ1) is 7.20. The number of phenolic OH excluding ortho intramolecular Hbond substituents is 1. The Morgan fingerprint density at radius 3 is 3.00 bits per heavy atom. The van der Waals surface area contributed by atoms with Crippen molar-refractivity contribution in [2.75, 3.05) is 19.7 Å². The summed E-state index contributed by atoms with van der Waals surface area (Å²) >= 11 is 5.83. The molecule has 0 spiro atoms. The number of morpholine rings is 1. The van der Waals surface area contributed by atoms with Crippen LogP contribution < -0.4 is 5.32 Å². The lowest BCUT2D eigenvalue weighted by atomic mass is 10.1. The van der Waals surface area contributed by atoms with Gasteiger partial charge in [0.2, 0.25) is 0 Å². The molecule has 1 aliphatic heterocycles. The number of hydrogen-bond donors (Lipinski definition) is 2. The zero-order chi connectivity index (χ0) is 10.8. The van der Waals surface area contributed by atoms with Gasteiger partial charge in [-0.05, 0) is 12.1 Å². The summed E-state index contributed by atoms with van der Waals surface area (Å²) in [6.45, 7) is 1.75. The number of hydrogen-bond acceptors (Lipinski definition) is 3. The second-order valence-corrected chi connectivity index (χ2v) is 3.74. The van der Waals surface area contributed by atoms with Crippen LogP contribution >= 0.6 is 11.6 Å². The first-order valence-corrected chi connectivity index (χ1v) is 5.07. The summed E-state index contributed by atoms with van der Waals surface area (Å²) in [4.78, 5) is 0. The van der Waals surface area contributed by atoms with E-state index in [0.29, 0.717) is 13.2 Å². The highest BCUT2D eigenvalue weighted by Gasteiger charge is 2.23. The van der Waals surface area contributed by atoms with Crippen LogP contribution in [0.25, 0.3) is 0 Å². The Morgan fingerprint density at radius 2 is 2.33 bits per heavy atom. The molecule has 1 fully saturated rings. The maximum absolute atomic E-state index is 13.5. The van der Waals surface area contributed by atoms with E-state index in [1.165, 1.54) is 12.1 Å². The Bertz CT molecular complexity index is 367. The fourth-order valence-electron chi connectivity index (χ4n) is 1.60. The third-order valence-corrected chi connectivity index (χ3v) is 2.75. The summed E-state index contributed by atoms with van der Waals surface area (Å²) in [5, 5.41) is 12.5. The summed E-state index contributed by atoms with van der Waals surface area (Å²) in [6, 6.07) is 2.42. The van der Waals surface area contributed by atoms with Gasteiger partial charge in [0, 0.05) is 18.7 Å². The van der Waals surface area contributed by atoms with Gasteiger partial charge in [0.15, 0.2) is 0 Å². The highest BCUT2D eigenvalue weighted by Crippen LogP contribution is 2.35. The molecule has 1 unspecified atom stereocenters. The van der Waals surface area contributed by atoms with Crippen LogP contribution in [-0.4, -0.2) is 24.8 Å². The maximum atomic E-state index is 13.5. The summed E-state index contributed by atoms with van der Waals surface area (Å²) in [7, 11) is 0. The van der Waals surface area contributed by atoms with Crippen LogP contribution in [0, 0.1) is 5.82 Å². The molecule has 1 aromatic carbocycles. The van der Waals surface area contributed by atoms with Gasteiger partial charge >= 0.3 is 0 Å². The first-order valence-electron chi connectivity index (χ1n) is 4.69. The third-order valence-electron chi connectivity index (χ3n) is 2.36. The van der Waals surface area contributed by atoms with Gasteiger partial charge in [-0.1, -0.05) is 11.6 Å². The Labute approximate surface area is 91.8 Å². The van der Waals surface area contributed by atoms with Gasteiger partial charge < -0.3 is 15.2 Å². The SMILES string of the molecule is Oc1ccc(F)c(C2CNCCO2)c1Cl. The number of ether oxygens (including phenoxy) is 1. The van der Waals surface area contributed by atoms with E-state index in [1.807, 2.05) is 0 Å². The molecule has 0 aromatic heterocycles. The predicted octanol–water partition coefficient (Wildman–Crippen LogP) is 1.85. The van der Waals surface area contributed by atoms with Gasteiger partial charge in [-0.25, -0.2) is 4.39 Å². The topological polar surface area (TPSA) is 41.5 Å². The van der Waals surface area contributed by atoms with Crippen molar-refractivity contribution >= 4 is 11.6 Å². The van der Waals surface area contributed by atoms with E-state index in [0.717, 1.165) is 6.54 Å². The molecule has 1 heterocycles. The third kappa shape index (κ3) is 2.07. The summed E-state index contributed by atoms with van der Waals surface area (Å²) in [5.74, 6) is -0.575. The standard InChI is InChI=1S/C10H11ClFNO2/c11-10-7(14)2-1-6(12)9(10)8-5-13-3-4-15-8/h1-2,8,13-14H,3-5H2. The highest BCUT2D eigenvalue weighted by atomic mass is 35.5. The van der Waals surface area contributed by atoms with Gasteiger partial charge in [0.05, 0.1) is 17.7 Å². The van der Waals surface area contributed by atoms with Crippen molar-refractivity contribution in [2.24, 2.45) is 0 Å². The molecule has 82 valence electrons. The normalized spacial score (nSPS) is 21.6. The Kier molecular flexibility index (Phi) is 3.09. The van der Waals surface area contributed by atoms with Crippen LogP contribution in [0.4, 0.5) is 4.39 Å². The summed E-state index contributed by atoms with van der Waals surface area (Å²) in [5.41, 5.74) is 0.226. The monoisotopic (exact) mass is 231 g/mol. The van der Waals surface area contributed by atoms with Crippen molar-refractivity contribution in [1.29, 1.82) is 0 Å². The summed E-state index contributed by atoms with van der Waals surface area (Å²) < 4.78 is 18.9. The van der Waals surface area contributed by atoms with Gasteiger partial charge in [0.1, 0.15) is 11.6 Å². The lowest BCUT2D eigenvalue weighted by molar-refractivity contribution is 0.0255. The van der Waals surface area contributed by atoms with Crippen molar-refractivity contribution in [3.63, 3.8) is 0 Å². The Hall–Kier alpha value is -0.840. The van der Waals surface area contributed by atoms with Crippen molar-refractivity contribution < 1.29 is 14.2 Å². The minimum Gasteiger partial charge on any atom is -0.506 e. The lowest BCUT2D eigenvalue weighted by Crippen LogP contribution is -2.33. The molecule has 1 aliphatic rings. The van der Waals surface area contributed by atoms with Crippen LogP contribution in [0.3, 0.4) is 0 Å². The number of halogens is 2. The van der Waals surface area contributed by atoms with E-state index in [4.69, 9.17) is 16.3 Å². The Morgan fingerprint density at radius 1 is 1.53 bits per heavy atom. The smallest absolute Gasteiger partial charge is 0.134 e. The molecule has 0 radical (unpaired) electrons. The van der Waals surface area contributed by atoms with Gasteiger partial charge in [-0.2, -0.15) is 0 Å². The molecule has 3 nitrogen and oxygen atoms in total. The molecule has 0 bridgehead atoms. The van der Waals surface area contributed by atoms with Crippen LogP contribution in [0.5, 0.6) is 5.75 Å². The second kappa shape index (κ2) is 4.35. The minimum absolute atomic E-state index is 0.0312. The van der Waals surface area contributed by atoms with Crippen LogP contribution in [0.15, 0.2) is 12.1 Å². The highest BCUT2D eigenvalue weighted by molar-refractivity contribution is 6.32. The molecule has 0 aliphatic carbocycles. The molecule has 2 rings (SSSR count). The van der Waals surface area contributed by atoms with Crippen molar-refractivity contribution in [3.05, 3.63) is 28.5 Å². The molecular formula is C10H11ClFNO2. The van der Waals surface area contributed by atoms with E-state index in [-0.39, 0.29) is 16.3 Å². The fraction of sp³-hybridized carbons (Fsp3) is 0.400. The molecular weight excluding hydrogens is 221 g/mol. The molecule has 0 saturated carbocycles. The van der Waals surface area contributed by atoms with Crippen LogP contribution in [-0.2, 0) is 4.74 Å². The second-order valence-electron chi connectivity index (χ2n) is 3.36. The number of rotatable bonds is 1. The van der Waals surface area contributed by atoms with E-state index in [2.05, 4.69) is 5.32 Å². The molecule has 0 amide bonds. The number of nitrogens with one attached hydrogen (secondary N) is 1. The molecule has 1 aromatic rings. The Balaban J connectivity index is 2.36. The van der Waals surface area contributed by atoms with Crippen molar-refractivity contribution in [2.45, 2.75) is 6.10 Å². The average molecular weight is 232 g/mol. The molecule has 5 heteroatoms. The lowest BCUT2D eigenvalue weighted by Gasteiger charge is -2.25. The van der Waals surface area contributed by atoms with E-state index in [1.54, 1.807) is 0 Å². The quantitative estimate of drug-likeness (QED) is 0.775.